The summed E-state index contributed by atoms with van der Waals surface area (Å²) < 4.78 is 53.3. The average molecular weight is 287 g/mol. The van der Waals surface area contributed by atoms with Crippen LogP contribution in [0.3, 0.4) is 0 Å². The van der Waals surface area contributed by atoms with E-state index in [-0.39, 0.29) is 17.3 Å². The van der Waals surface area contributed by atoms with Gasteiger partial charge in [-0.25, -0.2) is 26.6 Å². The molecule has 0 spiro atoms. The van der Waals surface area contributed by atoms with Gasteiger partial charge in [0, 0.05) is 12.6 Å². The monoisotopic (exact) mass is 287 g/mol. The quantitative estimate of drug-likeness (QED) is 0.925. The van der Waals surface area contributed by atoms with Crippen LogP contribution in [-0.2, 0) is 10.0 Å². The number of hydrogen-bond acceptors (Lipinski definition) is 3. The summed E-state index contributed by atoms with van der Waals surface area (Å²) in [6.07, 6.45) is 1.24. The highest BCUT2D eigenvalue weighted by Crippen LogP contribution is 2.17. The number of aromatic nitrogens is 2. The molecule has 0 aliphatic heterocycles. The third-order valence-corrected chi connectivity index (χ3v) is 3.84. The molecule has 0 amide bonds. The predicted octanol–water partition coefficient (Wildman–Crippen LogP) is 1.45. The molecule has 0 saturated carbocycles. The minimum Gasteiger partial charge on any atom is -0.221 e. The molecule has 19 heavy (non-hydrogen) atoms. The molecule has 0 radical (unpaired) electrons. The zero-order chi connectivity index (χ0) is 14.0. The molecule has 0 aliphatic rings. The number of hydrogen-bond donors (Lipinski definition) is 1. The molecule has 8 heteroatoms. The first-order valence-corrected chi connectivity index (χ1v) is 6.92. The Morgan fingerprint density at radius 2 is 1.89 bits per heavy atom. The number of benzene rings is 1. The Morgan fingerprint density at radius 1 is 1.26 bits per heavy atom. The zero-order valence-corrected chi connectivity index (χ0v) is 10.8. The van der Waals surface area contributed by atoms with E-state index in [4.69, 9.17) is 0 Å². The maximum atomic E-state index is 13.2. The first-order chi connectivity index (χ1) is 8.94. The Kier molecular flexibility index (Phi) is 3.63. The zero-order valence-electron chi connectivity index (χ0n) is 9.97. The van der Waals surface area contributed by atoms with Gasteiger partial charge in [0.1, 0.15) is 11.6 Å². The number of rotatable bonds is 4. The Balaban J connectivity index is 2.56. The first kappa shape index (κ1) is 13.6. The molecule has 0 bridgehead atoms. The van der Waals surface area contributed by atoms with Crippen molar-refractivity contribution in [2.75, 3.05) is 6.54 Å². The Hall–Kier alpha value is -1.80. The summed E-state index contributed by atoms with van der Waals surface area (Å²) in [6, 6.07) is 3.95. The average Bonchev–Trinajstić information content (AvgIpc) is 2.76. The molecule has 2 aromatic rings. The topological polar surface area (TPSA) is 64.0 Å². The lowest BCUT2D eigenvalue weighted by Gasteiger charge is -2.08. The van der Waals surface area contributed by atoms with Crippen LogP contribution in [0.1, 0.15) is 6.92 Å². The van der Waals surface area contributed by atoms with Gasteiger partial charge in [-0.2, -0.15) is 5.10 Å². The van der Waals surface area contributed by atoms with Crippen molar-refractivity contribution in [2.45, 2.75) is 11.9 Å². The summed E-state index contributed by atoms with van der Waals surface area (Å²) in [5.74, 6) is -1.62. The van der Waals surface area contributed by atoms with Crippen molar-refractivity contribution in [3.8, 4) is 5.69 Å². The van der Waals surface area contributed by atoms with Crippen molar-refractivity contribution in [3.05, 3.63) is 42.1 Å². The lowest BCUT2D eigenvalue weighted by molar-refractivity contribution is 0.566. The molecular weight excluding hydrogens is 276 g/mol. The van der Waals surface area contributed by atoms with Crippen LogP contribution in [0, 0.1) is 11.6 Å². The second kappa shape index (κ2) is 5.06. The van der Waals surface area contributed by atoms with Gasteiger partial charge in [0.2, 0.25) is 0 Å². The molecule has 0 fully saturated rings. The number of sulfonamides is 1. The number of nitrogens with zero attached hydrogens (tertiary/aromatic N) is 2. The minimum atomic E-state index is -3.77. The Morgan fingerprint density at radius 3 is 2.47 bits per heavy atom. The minimum absolute atomic E-state index is 0.000946. The van der Waals surface area contributed by atoms with Gasteiger partial charge in [-0.05, 0) is 18.2 Å². The molecule has 0 saturated heterocycles. The van der Waals surface area contributed by atoms with E-state index in [9.17, 15) is 17.2 Å². The van der Waals surface area contributed by atoms with Crippen LogP contribution < -0.4 is 4.72 Å². The molecule has 0 unspecified atom stereocenters. The largest absolute Gasteiger partial charge is 0.258 e. The lowest BCUT2D eigenvalue weighted by atomic mass is 10.3. The van der Waals surface area contributed by atoms with Crippen LogP contribution in [0.4, 0.5) is 8.78 Å². The molecule has 0 atom stereocenters. The van der Waals surface area contributed by atoms with Crippen LogP contribution in [0.25, 0.3) is 5.69 Å². The summed E-state index contributed by atoms with van der Waals surface area (Å²) in [6.45, 7) is 1.82. The summed E-state index contributed by atoms with van der Waals surface area (Å²) in [5, 5.41) is 3.60. The highest BCUT2D eigenvalue weighted by atomic mass is 32.2. The fourth-order valence-electron chi connectivity index (χ4n) is 1.61. The highest BCUT2D eigenvalue weighted by Gasteiger charge is 2.19. The van der Waals surface area contributed by atoms with Crippen LogP contribution in [0.2, 0.25) is 0 Å². The molecule has 1 aromatic carbocycles. The molecule has 0 aliphatic carbocycles. The lowest BCUT2D eigenvalue weighted by Crippen LogP contribution is -2.25. The van der Waals surface area contributed by atoms with Gasteiger partial charge in [0.25, 0.3) is 10.0 Å². The normalized spacial score (nSPS) is 11.7. The van der Waals surface area contributed by atoms with E-state index in [1.54, 1.807) is 6.92 Å². The maximum Gasteiger partial charge on any atom is 0.258 e. The maximum absolute atomic E-state index is 13.2. The first-order valence-electron chi connectivity index (χ1n) is 5.44. The van der Waals surface area contributed by atoms with Gasteiger partial charge in [-0.1, -0.05) is 6.92 Å². The van der Waals surface area contributed by atoms with Gasteiger partial charge in [-0.3, -0.25) is 0 Å². The van der Waals surface area contributed by atoms with E-state index >= 15 is 0 Å². The van der Waals surface area contributed by atoms with Crippen LogP contribution in [0.5, 0.6) is 0 Å². The van der Waals surface area contributed by atoms with E-state index in [1.165, 1.54) is 12.3 Å². The van der Waals surface area contributed by atoms with Crippen molar-refractivity contribution in [1.82, 2.24) is 14.5 Å². The van der Waals surface area contributed by atoms with E-state index in [0.29, 0.717) is 6.07 Å². The van der Waals surface area contributed by atoms with E-state index in [1.807, 2.05) is 0 Å². The van der Waals surface area contributed by atoms with E-state index < -0.39 is 21.7 Å². The summed E-state index contributed by atoms with van der Waals surface area (Å²) in [7, 11) is -3.77. The van der Waals surface area contributed by atoms with E-state index in [2.05, 4.69) is 9.82 Å². The smallest absolute Gasteiger partial charge is 0.221 e. The van der Waals surface area contributed by atoms with Crippen LogP contribution in [-0.4, -0.2) is 24.7 Å². The third kappa shape index (κ3) is 2.79. The van der Waals surface area contributed by atoms with Gasteiger partial charge >= 0.3 is 0 Å². The molecule has 5 nitrogen and oxygen atoms in total. The van der Waals surface area contributed by atoms with Crippen molar-refractivity contribution in [3.63, 3.8) is 0 Å². The van der Waals surface area contributed by atoms with Crippen molar-refractivity contribution in [2.24, 2.45) is 0 Å². The molecule has 1 heterocycles. The second-order valence-electron chi connectivity index (χ2n) is 3.71. The fraction of sp³-hybridized carbons (Fsp3) is 0.182. The Labute approximate surface area is 108 Å². The summed E-state index contributed by atoms with van der Waals surface area (Å²) in [4.78, 5) is 0. The van der Waals surface area contributed by atoms with Crippen molar-refractivity contribution >= 4 is 10.0 Å². The Bertz CT molecular complexity index is 677. The number of halogens is 2. The predicted molar refractivity (Wildman–Crippen MR) is 64.3 cm³/mol. The molecule has 1 aromatic heterocycles. The SMILES string of the molecule is CCNS(=O)(=O)c1ccnn1-c1cc(F)cc(F)c1. The second-order valence-corrected chi connectivity index (χ2v) is 5.42. The standard InChI is InChI=1S/C11H11F2N3O2S/c1-2-15-19(17,18)11-3-4-14-16(11)10-6-8(12)5-9(13)7-10/h3-7,15H,2H2,1H3. The molecule has 1 N–H and O–H groups in total. The number of nitrogens with one attached hydrogen (secondary N) is 1. The third-order valence-electron chi connectivity index (χ3n) is 2.31. The fourth-order valence-corrected chi connectivity index (χ4v) is 2.76. The van der Waals surface area contributed by atoms with Gasteiger partial charge in [0.15, 0.2) is 5.03 Å². The molecule has 102 valence electrons. The van der Waals surface area contributed by atoms with Gasteiger partial charge < -0.3 is 0 Å². The summed E-state index contributed by atoms with van der Waals surface area (Å²) >= 11 is 0. The van der Waals surface area contributed by atoms with Crippen LogP contribution in [0.15, 0.2) is 35.5 Å². The molecular formula is C11H11F2N3O2S. The van der Waals surface area contributed by atoms with Crippen molar-refractivity contribution < 1.29 is 17.2 Å². The van der Waals surface area contributed by atoms with Crippen LogP contribution >= 0.6 is 0 Å². The van der Waals surface area contributed by atoms with E-state index in [0.717, 1.165) is 16.8 Å². The summed E-state index contributed by atoms with van der Waals surface area (Å²) in [5.41, 5.74) is -0.000946. The van der Waals surface area contributed by atoms with Crippen molar-refractivity contribution in [1.29, 1.82) is 0 Å². The van der Waals surface area contributed by atoms with Gasteiger partial charge in [-0.15, -0.1) is 0 Å². The highest BCUT2D eigenvalue weighted by molar-refractivity contribution is 7.89. The van der Waals surface area contributed by atoms with Gasteiger partial charge in [0.05, 0.1) is 11.9 Å². The molecule has 2 rings (SSSR count).